The van der Waals surface area contributed by atoms with Crippen LogP contribution in [0.2, 0.25) is 0 Å². The molecule has 0 aromatic heterocycles. The molecule has 0 saturated carbocycles. The normalized spacial score (nSPS) is 23.9. The summed E-state index contributed by atoms with van der Waals surface area (Å²) < 4.78 is 39.4. The second-order valence-corrected chi connectivity index (χ2v) is 7.38. The molecule has 0 spiro atoms. The van der Waals surface area contributed by atoms with Gasteiger partial charge in [-0.1, -0.05) is 0 Å². The molecular formula is C12H13BrFNO4S. The lowest BCUT2D eigenvalue weighted by Crippen LogP contribution is -2.37. The third kappa shape index (κ3) is 2.59. The molecule has 110 valence electrons. The second kappa shape index (κ2) is 5.42. The van der Waals surface area contributed by atoms with Gasteiger partial charge in [0.2, 0.25) is 10.0 Å². The zero-order chi connectivity index (χ0) is 15.1. The third-order valence-electron chi connectivity index (χ3n) is 3.49. The largest absolute Gasteiger partial charge is 0.481 e. The molecule has 0 radical (unpaired) electrons. The van der Waals surface area contributed by atoms with Crippen LogP contribution in [0.15, 0.2) is 27.6 Å². The van der Waals surface area contributed by atoms with E-state index in [-0.39, 0.29) is 22.3 Å². The van der Waals surface area contributed by atoms with E-state index in [1.165, 1.54) is 6.07 Å². The van der Waals surface area contributed by atoms with E-state index < -0.39 is 33.8 Å². The van der Waals surface area contributed by atoms with Crippen LogP contribution in [0, 0.1) is 11.7 Å². The van der Waals surface area contributed by atoms with Crippen molar-refractivity contribution in [1.82, 2.24) is 4.31 Å². The minimum absolute atomic E-state index is 0.0585. The van der Waals surface area contributed by atoms with Crippen molar-refractivity contribution in [2.45, 2.75) is 24.3 Å². The Kier molecular flexibility index (Phi) is 4.17. The molecule has 1 aliphatic rings. The van der Waals surface area contributed by atoms with E-state index in [2.05, 4.69) is 15.9 Å². The Morgan fingerprint density at radius 1 is 1.50 bits per heavy atom. The van der Waals surface area contributed by atoms with Gasteiger partial charge in [-0.25, -0.2) is 12.8 Å². The van der Waals surface area contributed by atoms with Gasteiger partial charge in [0.15, 0.2) is 0 Å². The topological polar surface area (TPSA) is 74.7 Å². The van der Waals surface area contributed by atoms with Gasteiger partial charge in [0.05, 0.1) is 10.8 Å². The molecule has 0 bridgehead atoms. The first-order valence-corrected chi connectivity index (χ1v) is 8.18. The Bertz CT molecular complexity index is 649. The Labute approximate surface area is 124 Å². The molecule has 1 aromatic rings. The number of sulfonamides is 1. The van der Waals surface area contributed by atoms with E-state index in [9.17, 15) is 17.6 Å². The molecule has 0 amide bonds. The maximum atomic E-state index is 13.0. The van der Waals surface area contributed by atoms with Gasteiger partial charge in [-0.15, -0.1) is 0 Å². The summed E-state index contributed by atoms with van der Waals surface area (Å²) in [5.74, 6) is -2.27. The first-order chi connectivity index (χ1) is 9.25. The van der Waals surface area contributed by atoms with Crippen molar-refractivity contribution < 1.29 is 22.7 Å². The highest BCUT2D eigenvalue weighted by molar-refractivity contribution is 9.10. The van der Waals surface area contributed by atoms with Crippen LogP contribution < -0.4 is 0 Å². The van der Waals surface area contributed by atoms with Gasteiger partial charge >= 0.3 is 5.97 Å². The quantitative estimate of drug-likeness (QED) is 0.889. The molecule has 5 nitrogen and oxygen atoms in total. The SMILES string of the molecule is CC1C(C(=O)O)CCN1S(=O)(=O)c1ccc(F)cc1Br. The lowest BCUT2D eigenvalue weighted by Gasteiger charge is -2.23. The molecular weight excluding hydrogens is 353 g/mol. The van der Waals surface area contributed by atoms with E-state index in [4.69, 9.17) is 5.11 Å². The predicted molar refractivity (Wildman–Crippen MR) is 73.2 cm³/mol. The fraction of sp³-hybridized carbons (Fsp3) is 0.417. The number of carboxylic acid groups (broad SMARTS) is 1. The number of hydrogen-bond acceptors (Lipinski definition) is 3. The molecule has 1 saturated heterocycles. The summed E-state index contributed by atoms with van der Waals surface area (Å²) in [4.78, 5) is 11.0. The summed E-state index contributed by atoms with van der Waals surface area (Å²) in [6.07, 6.45) is 0.272. The van der Waals surface area contributed by atoms with Gasteiger partial charge in [0.25, 0.3) is 0 Å². The summed E-state index contributed by atoms with van der Waals surface area (Å²) >= 11 is 3.03. The number of benzene rings is 1. The summed E-state index contributed by atoms with van der Waals surface area (Å²) in [7, 11) is -3.85. The highest BCUT2D eigenvalue weighted by Crippen LogP contribution is 2.33. The van der Waals surface area contributed by atoms with E-state index in [0.717, 1.165) is 16.4 Å². The van der Waals surface area contributed by atoms with Crippen molar-refractivity contribution in [1.29, 1.82) is 0 Å². The van der Waals surface area contributed by atoms with Crippen molar-refractivity contribution in [3.63, 3.8) is 0 Å². The van der Waals surface area contributed by atoms with Crippen LogP contribution in [0.1, 0.15) is 13.3 Å². The van der Waals surface area contributed by atoms with Crippen molar-refractivity contribution in [2.75, 3.05) is 6.54 Å². The molecule has 0 aliphatic carbocycles. The Balaban J connectivity index is 2.39. The fourth-order valence-electron chi connectivity index (χ4n) is 2.39. The Hall–Kier alpha value is -0.990. The van der Waals surface area contributed by atoms with Crippen LogP contribution in [-0.4, -0.2) is 36.4 Å². The molecule has 20 heavy (non-hydrogen) atoms. The van der Waals surface area contributed by atoms with E-state index in [1.807, 2.05) is 0 Å². The van der Waals surface area contributed by atoms with Crippen LogP contribution in [0.4, 0.5) is 4.39 Å². The van der Waals surface area contributed by atoms with Gasteiger partial charge in [0, 0.05) is 17.1 Å². The zero-order valence-corrected chi connectivity index (χ0v) is 13.0. The van der Waals surface area contributed by atoms with Crippen molar-refractivity contribution in [3.05, 3.63) is 28.5 Å². The fourth-order valence-corrected chi connectivity index (χ4v) is 5.08. The maximum Gasteiger partial charge on any atom is 0.308 e. The number of halogens is 2. The van der Waals surface area contributed by atoms with Crippen molar-refractivity contribution in [2.24, 2.45) is 5.92 Å². The summed E-state index contributed by atoms with van der Waals surface area (Å²) in [6.45, 7) is 1.71. The highest BCUT2D eigenvalue weighted by atomic mass is 79.9. The van der Waals surface area contributed by atoms with Gasteiger partial charge in [-0.2, -0.15) is 4.31 Å². The van der Waals surface area contributed by atoms with Crippen LogP contribution >= 0.6 is 15.9 Å². The van der Waals surface area contributed by atoms with E-state index in [0.29, 0.717) is 0 Å². The highest BCUT2D eigenvalue weighted by Gasteiger charge is 2.42. The third-order valence-corrected chi connectivity index (χ3v) is 6.46. The standard InChI is InChI=1S/C12H13BrFNO4S/c1-7-9(12(16)17)4-5-15(7)20(18,19)11-3-2-8(14)6-10(11)13/h2-3,6-7,9H,4-5H2,1H3,(H,16,17). The first-order valence-electron chi connectivity index (χ1n) is 5.95. The summed E-state index contributed by atoms with van der Waals surface area (Å²) in [5, 5.41) is 9.05. The lowest BCUT2D eigenvalue weighted by molar-refractivity contribution is -0.142. The molecule has 1 fully saturated rings. The summed E-state index contributed by atoms with van der Waals surface area (Å²) in [6, 6.07) is 2.68. The lowest BCUT2D eigenvalue weighted by atomic mass is 10.0. The summed E-state index contributed by atoms with van der Waals surface area (Å²) in [5.41, 5.74) is 0. The molecule has 1 aliphatic heterocycles. The number of nitrogens with zero attached hydrogens (tertiary/aromatic N) is 1. The van der Waals surface area contributed by atoms with E-state index in [1.54, 1.807) is 6.92 Å². The maximum absolute atomic E-state index is 13.0. The molecule has 2 atom stereocenters. The first kappa shape index (κ1) is 15.4. The van der Waals surface area contributed by atoms with Crippen LogP contribution in [-0.2, 0) is 14.8 Å². The molecule has 2 unspecified atom stereocenters. The van der Waals surface area contributed by atoms with Crippen LogP contribution in [0.3, 0.4) is 0 Å². The molecule has 8 heteroatoms. The number of aliphatic carboxylic acids is 1. The van der Waals surface area contributed by atoms with Gasteiger partial charge < -0.3 is 5.11 Å². The molecule has 1 aromatic carbocycles. The monoisotopic (exact) mass is 365 g/mol. The minimum atomic E-state index is -3.85. The number of rotatable bonds is 3. The number of carbonyl (C=O) groups is 1. The van der Waals surface area contributed by atoms with Gasteiger partial charge in [0.1, 0.15) is 5.82 Å². The number of hydrogen-bond donors (Lipinski definition) is 1. The van der Waals surface area contributed by atoms with Crippen LogP contribution in [0.5, 0.6) is 0 Å². The molecule has 2 rings (SSSR count). The van der Waals surface area contributed by atoms with Gasteiger partial charge in [-0.3, -0.25) is 4.79 Å². The Morgan fingerprint density at radius 3 is 2.65 bits per heavy atom. The van der Waals surface area contributed by atoms with E-state index >= 15 is 0 Å². The average Bonchev–Trinajstić information content (AvgIpc) is 2.71. The van der Waals surface area contributed by atoms with Gasteiger partial charge in [-0.05, 0) is 47.5 Å². The smallest absolute Gasteiger partial charge is 0.308 e. The minimum Gasteiger partial charge on any atom is -0.481 e. The number of carboxylic acids is 1. The molecule has 1 heterocycles. The van der Waals surface area contributed by atoms with Crippen molar-refractivity contribution >= 4 is 31.9 Å². The van der Waals surface area contributed by atoms with Crippen molar-refractivity contribution in [3.8, 4) is 0 Å². The average molecular weight is 366 g/mol. The predicted octanol–water partition coefficient (Wildman–Crippen LogP) is 2.07. The van der Waals surface area contributed by atoms with Crippen LogP contribution in [0.25, 0.3) is 0 Å². The molecule has 1 N–H and O–H groups in total. The second-order valence-electron chi connectivity index (χ2n) is 4.66. The Morgan fingerprint density at radius 2 is 2.15 bits per heavy atom. The zero-order valence-electron chi connectivity index (χ0n) is 10.6.